The second-order valence-corrected chi connectivity index (χ2v) is 3.91. The molecule has 7 heteroatoms. The van der Waals surface area contributed by atoms with Crippen molar-refractivity contribution in [1.82, 2.24) is 0 Å². The van der Waals surface area contributed by atoms with Crippen LogP contribution in [0.3, 0.4) is 0 Å². The molecule has 2 rings (SSSR count). The van der Waals surface area contributed by atoms with Crippen LogP contribution in [0.5, 0.6) is 0 Å². The maximum absolute atomic E-state index is 11.2. The summed E-state index contributed by atoms with van der Waals surface area (Å²) < 4.78 is 20.1. The summed E-state index contributed by atoms with van der Waals surface area (Å²) in [4.78, 5) is 33.1. The molecule has 0 amide bonds. The van der Waals surface area contributed by atoms with Crippen molar-refractivity contribution < 1.29 is 33.3 Å². The predicted molar refractivity (Wildman–Crippen MR) is 55.0 cm³/mol. The van der Waals surface area contributed by atoms with Crippen LogP contribution >= 0.6 is 0 Å². The number of fused-ring (bicyclic) bond motifs is 1. The Bertz CT molecular complexity index is 425. The summed E-state index contributed by atoms with van der Waals surface area (Å²) in [6.45, 7) is 2.49. The Hall–Kier alpha value is -1.89. The van der Waals surface area contributed by atoms with Crippen molar-refractivity contribution >= 4 is 17.9 Å². The fourth-order valence-corrected chi connectivity index (χ4v) is 1.86. The Labute approximate surface area is 103 Å². The zero-order valence-corrected chi connectivity index (χ0v) is 9.87. The zero-order valence-electron chi connectivity index (χ0n) is 9.87. The van der Waals surface area contributed by atoms with Gasteiger partial charge in [0.1, 0.15) is 0 Å². The minimum Gasteiger partial charge on any atom is -0.452 e. The normalized spacial score (nSPS) is 30.0. The fraction of sp³-hybridized carbons (Fsp3) is 0.545. The van der Waals surface area contributed by atoms with E-state index in [0.717, 1.165) is 0 Å². The van der Waals surface area contributed by atoms with Crippen molar-refractivity contribution in [3.05, 3.63) is 11.6 Å². The van der Waals surface area contributed by atoms with Gasteiger partial charge in [-0.05, 0) is 0 Å². The van der Waals surface area contributed by atoms with E-state index in [0.29, 0.717) is 5.57 Å². The summed E-state index contributed by atoms with van der Waals surface area (Å²) in [6.07, 6.45) is -1.36. The lowest BCUT2D eigenvalue weighted by Crippen LogP contribution is -2.46. The number of hydrogen-bond donors (Lipinski definition) is 0. The highest BCUT2D eigenvalue weighted by Crippen LogP contribution is 2.30. The third-order valence-corrected chi connectivity index (χ3v) is 2.48. The number of carbonyl (C=O) groups is 3. The quantitative estimate of drug-likeness (QED) is 0.494. The first-order valence-electron chi connectivity index (χ1n) is 5.35. The van der Waals surface area contributed by atoms with Crippen molar-refractivity contribution in [1.29, 1.82) is 0 Å². The summed E-state index contributed by atoms with van der Waals surface area (Å²) in [5, 5.41) is 0. The van der Waals surface area contributed by atoms with E-state index in [9.17, 15) is 14.4 Å². The highest BCUT2D eigenvalue weighted by atomic mass is 16.7. The molecule has 7 nitrogen and oxygen atoms in total. The molecule has 0 spiro atoms. The molecule has 2 heterocycles. The average Bonchev–Trinajstić information content (AvgIpc) is 2.61. The first-order chi connectivity index (χ1) is 8.47. The van der Waals surface area contributed by atoms with Gasteiger partial charge in [-0.3, -0.25) is 9.59 Å². The number of hydrogen-bond acceptors (Lipinski definition) is 7. The maximum atomic E-state index is 11.2. The minimum atomic E-state index is -1.05. The SMILES string of the molecule is CC(=O)OC1OC[C@H]2OC(=O)C=C2[C@H]1OC(C)=O. The fourth-order valence-electron chi connectivity index (χ4n) is 1.86. The van der Waals surface area contributed by atoms with Gasteiger partial charge in [0.25, 0.3) is 0 Å². The van der Waals surface area contributed by atoms with Crippen LogP contribution in [-0.4, -0.2) is 43.0 Å². The Morgan fingerprint density at radius 1 is 1.28 bits per heavy atom. The summed E-state index contributed by atoms with van der Waals surface area (Å²) in [6, 6.07) is 0. The zero-order chi connectivity index (χ0) is 13.3. The van der Waals surface area contributed by atoms with Crippen LogP contribution in [0.25, 0.3) is 0 Å². The smallest absolute Gasteiger partial charge is 0.331 e. The lowest BCUT2D eigenvalue weighted by Gasteiger charge is -2.33. The first-order valence-corrected chi connectivity index (χ1v) is 5.35. The second kappa shape index (κ2) is 4.77. The van der Waals surface area contributed by atoms with Gasteiger partial charge in [-0.15, -0.1) is 0 Å². The Balaban J connectivity index is 2.21. The number of carbonyl (C=O) groups excluding carboxylic acids is 3. The lowest BCUT2D eigenvalue weighted by molar-refractivity contribution is -0.223. The topological polar surface area (TPSA) is 88.1 Å². The van der Waals surface area contributed by atoms with Crippen LogP contribution in [0.1, 0.15) is 13.8 Å². The molecule has 0 aromatic heterocycles. The molecule has 2 aliphatic heterocycles. The summed E-state index contributed by atoms with van der Waals surface area (Å²) in [5.41, 5.74) is 0.452. The minimum absolute atomic E-state index is 0.0628. The number of rotatable bonds is 2. The molecule has 18 heavy (non-hydrogen) atoms. The molecular weight excluding hydrogens is 244 g/mol. The standard InChI is InChI=1S/C11H12O7/c1-5(12)16-10-7-3-9(14)18-8(7)4-15-11(10)17-6(2)13/h3,8,10-11H,4H2,1-2H3/t8-,10-,11?/m1/s1. The van der Waals surface area contributed by atoms with Crippen molar-refractivity contribution in [3.63, 3.8) is 0 Å². The van der Waals surface area contributed by atoms with Crippen LogP contribution in [0.4, 0.5) is 0 Å². The van der Waals surface area contributed by atoms with Gasteiger partial charge in [0.15, 0.2) is 12.2 Å². The second-order valence-electron chi connectivity index (χ2n) is 3.91. The van der Waals surface area contributed by atoms with E-state index in [2.05, 4.69) is 0 Å². The molecule has 1 fully saturated rings. The van der Waals surface area contributed by atoms with E-state index in [1.807, 2.05) is 0 Å². The van der Waals surface area contributed by atoms with Gasteiger partial charge >= 0.3 is 17.9 Å². The van der Waals surface area contributed by atoms with Crippen molar-refractivity contribution in [2.24, 2.45) is 0 Å². The van der Waals surface area contributed by atoms with Gasteiger partial charge in [0.05, 0.1) is 6.61 Å². The predicted octanol–water partition coefficient (Wildman–Crippen LogP) is -0.311. The summed E-state index contributed by atoms with van der Waals surface area (Å²) in [5.74, 6) is -1.66. The van der Waals surface area contributed by atoms with Gasteiger partial charge in [-0.25, -0.2) is 4.79 Å². The Kier molecular flexibility index (Phi) is 3.33. The summed E-state index contributed by atoms with van der Waals surface area (Å²) in [7, 11) is 0. The molecule has 0 radical (unpaired) electrons. The van der Waals surface area contributed by atoms with Crippen LogP contribution in [0, 0.1) is 0 Å². The van der Waals surface area contributed by atoms with E-state index in [1.165, 1.54) is 19.9 Å². The molecular formula is C11H12O7. The van der Waals surface area contributed by atoms with E-state index < -0.39 is 36.4 Å². The monoisotopic (exact) mass is 256 g/mol. The van der Waals surface area contributed by atoms with Crippen molar-refractivity contribution in [2.45, 2.75) is 32.3 Å². The van der Waals surface area contributed by atoms with E-state index in [4.69, 9.17) is 18.9 Å². The van der Waals surface area contributed by atoms with Gasteiger partial charge in [0, 0.05) is 25.5 Å². The molecule has 2 aliphatic rings. The molecule has 0 aromatic rings. The molecule has 3 atom stereocenters. The van der Waals surface area contributed by atoms with Crippen LogP contribution < -0.4 is 0 Å². The van der Waals surface area contributed by atoms with Crippen LogP contribution in [0.2, 0.25) is 0 Å². The number of ether oxygens (including phenoxy) is 4. The molecule has 98 valence electrons. The molecule has 1 saturated heterocycles. The Morgan fingerprint density at radius 2 is 1.94 bits per heavy atom. The molecule has 0 aliphatic carbocycles. The van der Waals surface area contributed by atoms with E-state index in [1.54, 1.807) is 0 Å². The third-order valence-electron chi connectivity index (χ3n) is 2.48. The molecule has 0 N–H and O–H groups in total. The van der Waals surface area contributed by atoms with Crippen molar-refractivity contribution in [3.8, 4) is 0 Å². The van der Waals surface area contributed by atoms with Gasteiger partial charge in [0.2, 0.25) is 6.29 Å². The third kappa shape index (κ3) is 2.51. The molecule has 0 bridgehead atoms. The van der Waals surface area contributed by atoms with E-state index in [-0.39, 0.29) is 6.61 Å². The Morgan fingerprint density at radius 3 is 2.56 bits per heavy atom. The van der Waals surface area contributed by atoms with Crippen LogP contribution in [-0.2, 0) is 33.3 Å². The molecule has 0 saturated carbocycles. The average molecular weight is 256 g/mol. The van der Waals surface area contributed by atoms with Gasteiger partial charge < -0.3 is 18.9 Å². The highest BCUT2D eigenvalue weighted by molar-refractivity contribution is 5.86. The molecule has 1 unspecified atom stereocenters. The van der Waals surface area contributed by atoms with Gasteiger partial charge in [-0.1, -0.05) is 0 Å². The lowest BCUT2D eigenvalue weighted by atomic mass is 10.0. The van der Waals surface area contributed by atoms with Crippen molar-refractivity contribution in [2.75, 3.05) is 6.61 Å². The maximum Gasteiger partial charge on any atom is 0.331 e. The largest absolute Gasteiger partial charge is 0.452 e. The van der Waals surface area contributed by atoms with Gasteiger partial charge in [-0.2, -0.15) is 0 Å². The number of esters is 3. The molecule has 0 aromatic carbocycles. The van der Waals surface area contributed by atoms with Crippen LogP contribution in [0.15, 0.2) is 11.6 Å². The highest BCUT2D eigenvalue weighted by Gasteiger charge is 2.44. The first kappa shape index (κ1) is 12.6. The summed E-state index contributed by atoms with van der Waals surface area (Å²) >= 11 is 0. The van der Waals surface area contributed by atoms with E-state index >= 15 is 0 Å².